The number of hydrogen-bond acceptors (Lipinski definition) is 3. The van der Waals surface area contributed by atoms with Crippen LogP contribution in [-0.2, 0) is 15.6 Å². The van der Waals surface area contributed by atoms with Crippen LogP contribution in [0.5, 0.6) is 0 Å². The molecule has 0 fully saturated rings. The first-order chi connectivity index (χ1) is 9.79. The summed E-state index contributed by atoms with van der Waals surface area (Å²) in [5, 5.41) is 2.90. The fourth-order valence-corrected chi connectivity index (χ4v) is 2.90. The Kier molecular flexibility index (Phi) is 6.74. The van der Waals surface area contributed by atoms with Crippen LogP contribution >= 0.6 is 10.7 Å². The van der Waals surface area contributed by atoms with E-state index in [0.717, 1.165) is 25.7 Å². The first-order valence-electron chi connectivity index (χ1n) is 7.25. The summed E-state index contributed by atoms with van der Waals surface area (Å²) in [6, 6.07) is 1.38. The van der Waals surface area contributed by atoms with Gasteiger partial charge in [-0.15, -0.1) is 0 Å². The predicted octanol–water partition coefficient (Wildman–Crippen LogP) is 3.13. The van der Waals surface area contributed by atoms with Gasteiger partial charge in [-0.3, -0.25) is 4.79 Å². The van der Waals surface area contributed by atoms with E-state index >= 15 is 0 Å². The molecule has 0 spiro atoms. The Hall–Kier alpha value is -1.01. The van der Waals surface area contributed by atoms with Gasteiger partial charge in [-0.2, -0.15) is 0 Å². The van der Waals surface area contributed by atoms with Crippen LogP contribution in [0.2, 0.25) is 0 Å². The average Bonchev–Trinajstić information content (AvgIpc) is 2.83. The topological polar surface area (TPSA) is 68.2 Å². The lowest BCUT2D eigenvalue weighted by Gasteiger charge is -2.14. The molecule has 1 heterocycles. The average molecular weight is 335 g/mol. The number of carbonyl (C=O) groups is 1. The molecule has 0 aliphatic heterocycles. The molecule has 0 aromatic carbocycles. The molecular formula is C14H23ClN2O3S. The van der Waals surface area contributed by atoms with E-state index in [1.54, 1.807) is 4.57 Å². The van der Waals surface area contributed by atoms with Gasteiger partial charge < -0.3 is 9.88 Å². The second kappa shape index (κ2) is 7.84. The Balaban J connectivity index is 2.80. The zero-order valence-electron chi connectivity index (χ0n) is 12.7. The van der Waals surface area contributed by atoms with Gasteiger partial charge in [-0.25, -0.2) is 8.42 Å². The van der Waals surface area contributed by atoms with Crippen LogP contribution in [0.3, 0.4) is 0 Å². The second-order valence-corrected chi connectivity index (χ2v) is 7.72. The molecule has 5 nitrogen and oxygen atoms in total. The minimum Gasteiger partial charge on any atom is -0.348 e. The summed E-state index contributed by atoms with van der Waals surface area (Å²) in [7, 11) is 1.50. The van der Waals surface area contributed by atoms with Crippen LogP contribution in [0, 0.1) is 0 Å². The Labute approximate surface area is 131 Å². The highest BCUT2D eigenvalue weighted by molar-refractivity contribution is 8.13. The number of hydrogen-bond donors (Lipinski definition) is 1. The molecule has 1 aromatic rings. The molecule has 1 atom stereocenters. The smallest absolute Gasteiger partial charge is 0.268 e. The van der Waals surface area contributed by atoms with Crippen molar-refractivity contribution in [1.29, 1.82) is 0 Å². The molecule has 1 amide bonds. The molecule has 21 heavy (non-hydrogen) atoms. The fraction of sp³-hybridized carbons (Fsp3) is 0.643. The SMILES string of the molecule is CCCCCC(C)NC(=O)c1cc(S(=O)(=O)Cl)cn1CC. The van der Waals surface area contributed by atoms with Crippen molar-refractivity contribution in [3.8, 4) is 0 Å². The van der Waals surface area contributed by atoms with E-state index in [2.05, 4.69) is 12.2 Å². The van der Waals surface area contributed by atoms with Gasteiger partial charge in [0, 0.05) is 29.5 Å². The van der Waals surface area contributed by atoms with Crippen LogP contribution < -0.4 is 5.32 Å². The number of unbranched alkanes of at least 4 members (excludes halogenated alkanes) is 2. The Bertz CT molecular complexity index is 581. The van der Waals surface area contributed by atoms with Crippen molar-refractivity contribution in [1.82, 2.24) is 9.88 Å². The van der Waals surface area contributed by atoms with E-state index in [4.69, 9.17) is 10.7 Å². The van der Waals surface area contributed by atoms with Gasteiger partial charge in [0.15, 0.2) is 0 Å². The summed E-state index contributed by atoms with van der Waals surface area (Å²) in [5.41, 5.74) is 0.319. The maximum atomic E-state index is 12.2. The van der Waals surface area contributed by atoms with E-state index in [9.17, 15) is 13.2 Å². The van der Waals surface area contributed by atoms with Crippen molar-refractivity contribution in [2.45, 2.75) is 63.9 Å². The maximum absolute atomic E-state index is 12.2. The van der Waals surface area contributed by atoms with E-state index in [-0.39, 0.29) is 16.8 Å². The first kappa shape index (κ1) is 18.0. The number of aromatic nitrogens is 1. The summed E-state index contributed by atoms with van der Waals surface area (Å²) in [6.45, 7) is 6.42. The summed E-state index contributed by atoms with van der Waals surface area (Å²) in [6.07, 6.45) is 5.64. The molecule has 120 valence electrons. The third kappa shape index (κ3) is 5.36. The predicted molar refractivity (Wildman–Crippen MR) is 84.2 cm³/mol. The molecule has 1 unspecified atom stereocenters. The molecular weight excluding hydrogens is 312 g/mol. The summed E-state index contributed by atoms with van der Waals surface area (Å²) in [5.74, 6) is -0.271. The monoisotopic (exact) mass is 334 g/mol. The van der Waals surface area contributed by atoms with Gasteiger partial charge in [0.2, 0.25) is 0 Å². The molecule has 1 N–H and O–H groups in total. The standard InChI is InChI=1S/C14H23ClN2O3S/c1-4-6-7-8-11(3)16-14(18)13-9-12(21(15,19)20)10-17(13)5-2/h9-11H,4-8H2,1-3H3,(H,16,18). The number of carbonyl (C=O) groups excluding carboxylic acids is 1. The number of halogens is 1. The normalized spacial score (nSPS) is 13.1. The van der Waals surface area contributed by atoms with E-state index in [1.807, 2.05) is 13.8 Å². The van der Waals surface area contributed by atoms with Gasteiger partial charge in [-0.05, 0) is 26.3 Å². The van der Waals surface area contributed by atoms with Gasteiger partial charge in [-0.1, -0.05) is 26.2 Å². The zero-order valence-corrected chi connectivity index (χ0v) is 14.3. The maximum Gasteiger partial charge on any atom is 0.268 e. The van der Waals surface area contributed by atoms with Crippen molar-refractivity contribution < 1.29 is 13.2 Å². The third-order valence-corrected chi connectivity index (χ3v) is 4.67. The molecule has 0 bridgehead atoms. The van der Waals surface area contributed by atoms with Crippen molar-refractivity contribution in [3.63, 3.8) is 0 Å². The molecule has 7 heteroatoms. The van der Waals surface area contributed by atoms with Crippen molar-refractivity contribution in [3.05, 3.63) is 18.0 Å². The lowest BCUT2D eigenvalue weighted by Crippen LogP contribution is -2.33. The van der Waals surface area contributed by atoms with Gasteiger partial charge >= 0.3 is 0 Å². The van der Waals surface area contributed by atoms with E-state index in [0.29, 0.717) is 12.2 Å². The van der Waals surface area contributed by atoms with Crippen LogP contribution in [-0.4, -0.2) is 24.9 Å². The highest BCUT2D eigenvalue weighted by Gasteiger charge is 2.20. The largest absolute Gasteiger partial charge is 0.348 e. The lowest BCUT2D eigenvalue weighted by molar-refractivity contribution is 0.0928. The number of nitrogens with one attached hydrogen (secondary N) is 1. The van der Waals surface area contributed by atoms with Crippen LogP contribution in [0.4, 0.5) is 0 Å². The van der Waals surface area contributed by atoms with E-state index in [1.165, 1.54) is 12.3 Å². The highest BCUT2D eigenvalue weighted by atomic mass is 35.7. The van der Waals surface area contributed by atoms with Crippen molar-refractivity contribution >= 4 is 25.6 Å². The number of amides is 1. The third-order valence-electron chi connectivity index (χ3n) is 3.34. The number of nitrogens with zero attached hydrogens (tertiary/aromatic N) is 1. The molecule has 0 radical (unpaired) electrons. The fourth-order valence-electron chi connectivity index (χ4n) is 2.14. The lowest BCUT2D eigenvalue weighted by atomic mass is 10.1. The Morgan fingerprint density at radius 1 is 1.38 bits per heavy atom. The van der Waals surface area contributed by atoms with E-state index < -0.39 is 9.05 Å². The van der Waals surface area contributed by atoms with Crippen molar-refractivity contribution in [2.24, 2.45) is 0 Å². The summed E-state index contributed by atoms with van der Waals surface area (Å²) in [4.78, 5) is 12.2. The van der Waals surface area contributed by atoms with Crippen LogP contribution in [0.15, 0.2) is 17.2 Å². The van der Waals surface area contributed by atoms with Crippen molar-refractivity contribution in [2.75, 3.05) is 0 Å². The minimum atomic E-state index is -3.82. The second-order valence-electron chi connectivity index (χ2n) is 5.16. The van der Waals surface area contributed by atoms with Gasteiger partial charge in [0.05, 0.1) is 0 Å². The van der Waals surface area contributed by atoms with Crippen LogP contribution in [0.25, 0.3) is 0 Å². The minimum absolute atomic E-state index is 0.0465. The molecule has 1 rings (SSSR count). The van der Waals surface area contributed by atoms with Crippen LogP contribution in [0.1, 0.15) is 56.9 Å². The number of rotatable bonds is 8. The zero-order chi connectivity index (χ0) is 16.0. The first-order valence-corrected chi connectivity index (χ1v) is 9.56. The molecule has 1 aromatic heterocycles. The molecule has 0 aliphatic rings. The molecule has 0 aliphatic carbocycles. The summed E-state index contributed by atoms with van der Waals surface area (Å²) < 4.78 is 24.3. The quantitative estimate of drug-likeness (QED) is 0.586. The van der Waals surface area contributed by atoms with Gasteiger partial charge in [0.1, 0.15) is 10.6 Å². The molecule has 0 saturated heterocycles. The number of aryl methyl sites for hydroxylation is 1. The molecule has 0 saturated carbocycles. The van der Waals surface area contributed by atoms with Gasteiger partial charge in [0.25, 0.3) is 15.0 Å². The Morgan fingerprint density at radius 2 is 2.05 bits per heavy atom. The highest BCUT2D eigenvalue weighted by Crippen LogP contribution is 2.19. The summed E-state index contributed by atoms with van der Waals surface area (Å²) >= 11 is 0. The Morgan fingerprint density at radius 3 is 2.57 bits per heavy atom.